The van der Waals surface area contributed by atoms with E-state index >= 15 is 0 Å². The predicted molar refractivity (Wildman–Crippen MR) is 82.7 cm³/mol. The molecule has 0 saturated carbocycles. The number of nitrogens with zero attached hydrogens (tertiary/aromatic N) is 1. The van der Waals surface area contributed by atoms with Crippen molar-refractivity contribution >= 4 is 16.0 Å². The van der Waals surface area contributed by atoms with Crippen molar-refractivity contribution in [1.29, 1.82) is 0 Å². The molecule has 0 fully saturated rings. The lowest BCUT2D eigenvalue weighted by molar-refractivity contribution is -0.152. The summed E-state index contributed by atoms with van der Waals surface area (Å²) in [6, 6.07) is -1.11. The van der Waals surface area contributed by atoms with E-state index in [1.165, 1.54) is 4.31 Å². The molecule has 3 atom stereocenters. The van der Waals surface area contributed by atoms with Crippen molar-refractivity contribution in [1.82, 2.24) is 4.31 Å². The molecule has 0 radical (unpaired) electrons. The van der Waals surface area contributed by atoms with Crippen LogP contribution < -0.4 is 5.73 Å². The topological polar surface area (TPSA) is 119 Å². The molecule has 3 N–H and O–H groups in total. The van der Waals surface area contributed by atoms with Gasteiger partial charge in [-0.05, 0) is 13.3 Å². The van der Waals surface area contributed by atoms with Crippen molar-refractivity contribution in [3.63, 3.8) is 0 Å². The molecule has 22 heavy (non-hydrogen) atoms. The average molecular weight is 340 g/mol. The average Bonchev–Trinajstić information content (AvgIpc) is 2.46. The van der Waals surface area contributed by atoms with Crippen molar-refractivity contribution in [2.24, 2.45) is 5.73 Å². The molecular weight excluding hydrogens is 312 g/mol. The summed E-state index contributed by atoms with van der Waals surface area (Å²) in [6.07, 6.45) is 1.16. The number of aliphatic hydroxyl groups is 1. The van der Waals surface area contributed by atoms with Crippen LogP contribution in [0.4, 0.5) is 0 Å². The van der Waals surface area contributed by atoms with Crippen LogP contribution in [0.5, 0.6) is 0 Å². The second-order valence-corrected chi connectivity index (χ2v) is 7.09. The van der Waals surface area contributed by atoms with E-state index in [-0.39, 0.29) is 19.3 Å². The maximum Gasteiger partial charge on any atom is 0.325 e. The number of likely N-dealkylation sites (N-methyl/N-ethyl adjacent to an activating group) is 1. The lowest BCUT2D eigenvalue weighted by Gasteiger charge is -2.27. The molecule has 0 aromatic heterocycles. The largest absolute Gasteiger partial charge is 0.462 e. The van der Waals surface area contributed by atoms with Gasteiger partial charge in [0.25, 0.3) is 0 Å². The molecule has 0 aliphatic heterocycles. The minimum Gasteiger partial charge on any atom is -0.462 e. The smallest absolute Gasteiger partial charge is 0.325 e. The molecule has 0 bridgehead atoms. The number of sulfonamides is 1. The number of ether oxygens (including phenoxy) is 2. The summed E-state index contributed by atoms with van der Waals surface area (Å²) >= 11 is 0. The van der Waals surface area contributed by atoms with Gasteiger partial charge in [-0.2, -0.15) is 4.31 Å². The van der Waals surface area contributed by atoms with Crippen molar-refractivity contribution in [3.8, 4) is 0 Å². The Bertz CT molecular complexity index is 428. The highest BCUT2D eigenvalue weighted by Gasteiger charge is 2.24. The molecule has 0 rings (SSSR count). The Balaban J connectivity index is 4.79. The zero-order valence-corrected chi connectivity index (χ0v) is 14.5. The van der Waals surface area contributed by atoms with Crippen molar-refractivity contribution in [2.75, 3.05) is 32.6 Å². The highest BCUT2D eigenvalue weighted by atomic mass is 32.2. The van der Waals surface area contributed by atoms with Crippen LogP contribution in [0, 0.1) is 0 Å². The second kappa shape index (κ2) is 10.1. The number of carbonyl (C=O) groups is 1. The number of hydrogen-bond donors (Lipinski definition) is 2. The van der Waals surface area contributed by atoms with Crippen LogP contribution in [0.3, 0.4) is 0 Å². The third-order valence-electron chi connectivity index (χ3n) is 3.14. The normalized spacial score (nSPS) is 16.3. The fraction of sp³-hybridized carbons (Fsp3) is 0.923. The van der Waals surface area contributed by atoms with Crippen LogP contribution in [-0.4, -0.2) is 74.6 Å². The summed E-state index contributed by atoms with van der Waals surface area (Å²) in [6.45, 7) is 5.25. The van der Waals surface area contributed by atoms with E-state index in [9.17, 15) is 13.2 Å². The molecule has 0 aliphatic carbocycles. The second-order valence-electron chi connectivity index (χ2n) is 5.11. The Morgan fingerprint density at radius 3 is 2.36 bits per heavy atom. The first kappa shape index (κ1) is 21.3. The maximum absolute atomic E-state index is 11.7. The molecule has 132 valence electrons. The van der Waals surface area contributed by atoms with Gasteiger partial charge in [-0.1, -0.05) is 13.8 Å². The number of rotatable bonds is 11. The first-order valence-electron chi connectivity index (χ1n) is 7.29. The lowest BCUT2D eigenvalue weighted by atomic mass is 10.3. The predicted octanol–water partition coefficient (Wildman–Crippen LogP) is -0.686. The van der Waals surface area contributed by atoms with Crippen molar-refractivity contribution in [3.05, 3.63) is 0 Å². The van der Waals surface area contributed by atoms with E-state index in [1.807, 2.05) is 13.8 Å². The lowest BCUT2D eigenvalue weighted by Crippen LogP contribution is -2.43. The Kier molecular flexibility index (Phi) is 9.77. The Morgan fingerprint density at radius 1 is 1.36 bits per heavy atom. The maximum atomic E-state index is 11.7. The Labute approximate surface area is 132 Å². The SMILES string of the molecule is CC[C@H](C)O[C@H](COC(=O)[C@@H](N)CO)CN(CC)S(C)(=O)=O. The minimum absolute atomic E-state index is 0.0846. The van der Waals surface area contributed by atoms with Crippen LogP contribution >= 0.6 is 0 Å². The highest BCUT2D eigenvalue weighted by molar-refractivity contribution is 7.88. The van der Waals surface area contributed by atoms with E-state index in [1.54, 1.807) is 6.92 Å². The monoisotopic (exact) mass is 340 g/mol. The standard InChI is InChI=1S/C13H28N2O6S/c1-5-10(3)21-11(7-15(6-2)22(4,18)19)9-20-13(17)12(14)8-16/h10-12,16H,5-9,14H2,1-4H3/t10-,11-,12-/m0/s1. The third-order valence-corrected chi connectivity index (χ3v) is 4.48. The molecule has 0 amide bonds. The van der Waals surface area contributed by atoms with Gasteiger partial charge < -0.3 is 20.3 Å². The van der Waals surface area contributed by atoms with Gasteiger partial charge in [-0.25, -0.2) is 8.42 Å². The molecule has 0 aromatic rings. The molecule has 9 heteroatoms. The van der Waals surface area contributed by atoms with E-state index < -0.39 is 34.7 Å². The summed E-state index contributed by atoms with van der Waals surface area (Å²) in [7, 11) is -3.36. The summed E-state index contributed by atoms with van der Waals surface area (Å²) < 4.78 is 35.3. The van der Waals surface area contributed by atoms with Gasteiger partial charge in [0.1, 0.15) is 18.8 Å². The van der Waals surface area contributed by atoms with Gasteiger partial charge >= 0.3 is 5.97 Å². The molecular formula is C13H28N2O6S. The van der Waals surface area contributed by atoms with Gasteiger partial charge in [0, 0.05) is 13.1 Å². The molecule has 0 spiro atoms. The number of hydrogen-bond acceptors (Lipinski definition) is 7. The van der Waals surface area contributed by atoms with E-state index in [4.69, 9.17) is 20.3 Å². The summed E-state index contributed by atoms with van der Waals surface area (Å²) in [4.78, 5) is 11.5. The number of carbonyl (C=O) groups excluding carboxylic acids is 1. The molecule has 0 heterocycles. The first-order valence-corrected chi connectivity index (χ1v) is 9.14. The van der Waals surface area contributed by atoms with Gasteiger partial charge in [0.15, 0.2) is 0 Å². The summed E-state index contributed by atoms with van der Waals surface area (Å²) in [5.41, 5.74) is 5.36. The van der Waals surface area contributed by atoms with Gasteiger partial charge in [-0.15, -0.1) is 0 Å². The van der Waals surface area contributed by atoms with E-state index in [2.05, 4.69) is 0 Å². The van der Waals surface area contributed by atoms with Crippen LogP contribution in [-0.2, 0) is 24.3 Å². The molecule has 0 aromatic carbocycles. The Hall–Kier alpha value is -0.740. The molecule has 0 aliphatic rings. The number of aliphatic hydroxyl groups excluding tert-OH is 1. The van der Waals surface area contributed by atoms with Gasteiger partial charge in [0.05, 0.1) is 19.0 Å². The van der Waals surface area contributed by atoms with Crippen LogP contribution in [0.25, 0.3) is 0 Å². The Morgan fingerprint density at radius 2 is 1.95 bits per heavy atom. The molecule has 8 nitrogen and oxygen atoms in total. The quantitative estimate of drug-likeness (QED) is 0.478. The zero-order chi connectivity index (χ0) is 17.3. The number of esters is 1. The van der Waals surface area contributed by atoms with Crippen molar-refractivity contribution in [2.45, 2.75) is 45.4 Å². The first-order chi connectivity index (χ1) is 10.1. The van der Waals surface area contributed by atoms with Gasteiger partial charge in [0.2, 0.25) is 10.0 Å². The fourth-order valence-corrected chi connectivity index (χ4v) is 2.55. The summed E-state index contributed by atoms with van der Waals surface area (Å²) in [5.74, 6) is -0.748. The van der Waals surface area contributed by atoms with Gasteiger partial charge in [-0.3, -0.25) is 4.79 Å². The third kappa shape index (κ3) is 8.04. The molecule has 0 saturated heterocycles. The zero-order valence-electron chi connectivity index (χ0n) is 13.7. The van der Waals surface area contributed by atoms with Crippen LogP contribution in [0.2, 0.25) is 0 Å². The number of nitrogens with two attached hydrogens (primary N) is 1. The fourth-order valence-electron chi connectivity index (χ4n) is 1.64. The minimum atomic E-state index is -3.36. The highest BCUT2D eigenvalue weighted by Crippen LogP contribution is 2.08. The van der Waals surface area contributed by atoms with E-state index in [0.29, 0.717) is 6.54 Å². The van der Waals surface area contributed by atoms with Crippen molar-refractivity contribution < 1.29 is 27.8 Å². The van der Waals surface area contributed by atoms with E-state index in [0.717, 1.165) is 12.7 Å². The van der Waals surface area contributed by atoms with Crippen LogP contribution in [0.1, 0.15) is 27.2 Å². The summed E-state index contributed by atoms with van der Waals surface area (Å²) in [5, 5.41) is 8.80. The molecule has 0 unspecified atom stereocenters. The van der Waals surface area contributed by atoms with Crippen LogP contribution in [0.15, 0.2) is 0 Å².